The summed E-state index contributed by atoms with van der Waals surface area (Å²) in [5.74, 6) is 0.0504. The van der Waals surface area contributed by atoms with Crippen LogP contribution in [0.5, 0.6) is 0 Å². The van der Waals surface area contributed by atoms with Crippen molar-refractivity contribution in [3.8, 4) is 16.3 Å². The van der Waals surface area contributed by atoms with Crippen LogP contribution in [-0.2, 0) is 0 Å². The fourth-order valence-corrected chi connectivity index (χ4v) is 4.72. The van der Waals surface area contributed by atoms with E-state index in [9.17, 15) is 4.79 Å². The van der Waals surface area contributed by atoms with Gasteiger partial charge in [0.05, 0.1) is 16.1 Å². The molecule has 2 aromatic carbocycles. The highest BCUT2D eigenvalue weighted by atomic mass is 32.1. The molecule has 1 aliphatic rings. The number of amides is 1. The van der Waals surface area contributed by atoms with Crippen molar-refractivity contribution in [1.82, 2.24) is 14.7 Å². The lowest BCUT2D eigenvalue weighted by atomic mass is 10.1. The molecule has 3 heterocycles. The average Bonchev–Trinajstić information content (AvgIpc) is 3.49. The molecule has 0 unspecified atom stereocenters. The van der Waals surface area contributed by atoms with E-state index in [1.165, 1.54) is 11.3 Å². The minimum Gasteiger partial charge on any atom is -0.368 e. The van der Waals surface area contributed by atoms with Gasteiger partial charge in [-0.25, -0.2) is 4.68 Å². The standard InChI is InChI=1S/C25H24N4OS/c1-19-7-5-10-21(17-19)27-12-14-28(15-13-27)25(30)22-18-29(20-8-3-2-4-9-20)26-24(22)23-11-6-16-31-23/h2-11,16-18H,12-15H2,1H3. The molecule has 0 atom stereocenters. The van der Waals surface area contributed by atoms with Crippen molar-refractivity contribution in [2.75, 3.05) is 31.1 Å². The topological polar surface area (TPSA) is 41.4 Å². The molecule has 5 rings (SSSR count). The van der Waals surface area contributed by atoms with E-state index < -0.39 is 0 Å². The van der Waals surface area contributed by atoms with Gasteiger partial charge >= 0.3 is 0 Å². The zero-order valence-corrected chi connectivity index (χ0v) is 18.3. The van der Waals surface area contributed by atoms with Crippen LogP contribution in [0.1, 0.15) is 15.9 Å². The lowest BCUT2D eigenvalue weighted by Gasteiger charge is -2.36. The Hall–Kier alpha value is -3.38. The number of benzene rings is 2. The monoisotopic (exact) mass is 428 g/mol. The highest BCUT2D eigenvalue weighted by Gasteiger charge is 2.27. The van der Waals surface area contributed by atoms with Gasteiger partial charge in [-0.05, 0) is 48.2 Å². The zero-order valence-electron chi connectivity index (χ0n) is 17.4. The van der Waals surface area contributed by atoms with Crippen molar-refractivity contribution >= 4 is 22.9 Å². The van der Waals surface area contributed by atoms with Gasteiger partial charge in [-0.15, -0.1) is 11.3 Å². The number of thiophene rings is 1. The first kappa shape index (κ1) is 19.6. The predicted molar refractivity (Wildman–Crippen MR) is 126 cm³/mol. The number of rotatable bonds is 4. The Kier molecular flexibility index (Phi) is 5.30. The number of carbonyl (C=O) groups is 1. The molecular weight excluding hydrogens is 404 g/mol. The zero-order chi connectivity index (χ0) is 21.2. The summed E-state index contributed by atoms with van der Waals surface area (Å²) in [5, 5.41) is 6.80. The lowest BCUT2D eigenvalue weighted by Crippen LogP contribution is -2.48. The van der Waals surface area contributed by atoms with Crippen LogP contribution in [0.3, 0.4) is 0 Å². The Morgan fingerprint density at radius 2 is 1.68 bits per heavy atom. The Morgan fingerprint density at radius 3 is 2.39 bits per heavy atom. The fraction of sp³-hybridized carbons (Fsp3) is 0.200. The Labute approximate surface area is 186 Å². The lowest BCUT2D eigenvalue weighted by molar-refractivity contribution is 0.0747. The van der Waals surface area contributed by atoms with Gasteiger partial charge in [0.1, 0.15) is 5.69 Å². The minimum atomic E-state index is 0.0504. The van der Waals surface area contributed by atoms with Crippen molar-refractivity contribution in [2.24, 2.45) is 0 Å². The van der Waals surface area contributed by atoms with Crippen LogP contribution in [0, 0.1) is 6.92 Å². The summed E-state index contributed by atoms with van der Waals surface area (Å²) < 4.78 is 1.81. The second-order valence-corrected chi connectivity index (χ2v) is 8.71. The van der Waals surface area contributed by atoms with E-state index in [-0.39, 0.29) is 5.91 Å². The van der Waals surface area contributed by atoms with E-state index in [0.717, 1.165) is 29.3 Å². The second kappa shape index (κ2) is 8.40. The van der Waals surface area contributed by atoms with Gasteiger partial charge < -0.3 is 9.80 Å². The summed E-state index contributed by atoms with van der Waals surface area (Å²) in [7, 11) is 0. The average molecular weight is 429 g/mol. The molecule has 5 nitrogen and oxygen atoms in total. The van der Waals surface area contributed by atoms with Crippen LogP contribution in [-0.4, -0.2) is 46.8 Å². The van der Waals surface area contributed by atoms with Gasteiger partial charge in [-0.3, -0.25) is 4.79 Å². The molecule has 4 aromatic rings. The highest BCUT2D eigenvalue weighted by Crippen LogP contribution is 2.29. The van der Waals surface area contributed by atoms with Gasteiger partial charge in [0, 0.05) is 38.1 Å². The summed E-state index contributed by atoms with van der Waals surface area (Å²) in [6.07, 6.45) is 1.87. The van der Waals surface area contributed by atoms with E-state index in [4.69, 9.17) is 5.10 Å². The largest absolute Gasteiger partial charge is 0.368 e. The number of para-hydroxylation sites is 1. The molecule has 1 fully saturated rings. The van der Waals surface area contributed by atoms with E-state index in [0.29, 0.717) is 18.7 Å². The smallest absolute Gasteiger partial charge is 0.257 e. The highest BCUT2D eigenvalue weighted by molar-refractivity contribution is 7.13. The predicted octanol–water partition coefficient (Wildman–Crippen LogP) is 4.87. The van der Waals surface area contributed by atoms with Crippen LogP contribution < -0.4 is 4.90 Å². The first-order valence-electron chi connectivity index (χ1n) is 10.5. The van der Waals surface area contributed by atoms with Crippen LogP contribution >= 0.6 is 11.3 Å². The molecule has 156 valence electrons. The summed E-state index contributed by atoms with van der Waals surface area (Å²) >= 11 is 1.61. The molecule has 1 aliphatic heterocycles. The molecular formula is C25H24N4OS. The van der Waals surface area contributed by atoms with Gasteiger partial charge in [0.2, 0.25) is 0 Å². The third kappa shape index (κ3) is 3.99. The maximum absolute atomic E-state index is 13.5. The third-order valence-electron chi connectivity index (χ3n) is 5.65. The number of aryl methyl sites for hydroxylation is 1. The maximum atomic E-state index is 13.5. The molecule has 0 bridgehead atoms. The molecule has 0 aliphatic carbocycles. The Balaban J connectivity index is 1.40. The summed E-state index contributed by atoms with van der Waals surface area (Å²) in [6, 6.07) is 22.5. The summed E-state index contributed by atoms with van der Waals surface area (Å²) in [5.41, 5.74) is 4.84. The van der Waals surface area contributed by atoms with Crippen LogP contribution in [0.25, 0.3) is 16.3 Å². The SMILES string of the molecule is Cc1cccc(N2CCN(C(=O)c3cn(-c4ccccc4)nc3-c3cccs3)CC2)c1. The molecule has 0 radical (unpaired) electrons. The molecule has 2 aromatic heterocycles. The quantitative estimate of drug-likeness (QED) is 0.466. The van der Waals surface area contributed by atoms with Gasteiger partial charge in [0.15, 0.2) is 0 Å². The van der Waals surface area contributed by atoms with Crippen LogP contribution in [0.4, 0.5) is 5.69 Å². The number of hydrogen-bond donors (Lipinski definition) is 0. The third-order valence-corrected chi connectivity index (χ3v) is 6.53. The number of hydrogen-bond acceptors (Lipinski definition) is 4. The fourth-order valence-electron chi connectivity index (χ4n) is 4.00. The molecule has 1 amide bonds. The Bertz CT molecular complexity index is 1180. The number of anilines is 1. The van der Waals surface area contributed by atoms with Crippen molar-refractivity contribution in [2.45, 2.75) is 6.92 Å². The second-order valence-electron chi connectivity index (χ2n) is 7.77. The maximum Gasteiger partial charge on any atom is 0.257 e. The van der Waals surface area contributed by atoms with Crippen LogP contribution in [0.15, 0.2) is 78.3 Å². The number of carbonyl (C=O) groups excluding carboxylic acids is 1. The van der Waals surface area contributed by atoms with E-state index in [1.54, 1.807) is 11.3 Å². The Morgan fingerprint density at radius 1 is 0.903 bits per heavy atom. The van der Waals surface area contributed by atoms with E-state index in [1.807, 2.05) is 63.6 Å². The van der Waals surface area contributed by atoms with Gasteiger partial charge in [-0.1, -0.05) is 36.4 Å². The molecule has 6 heteroatoms. The molecule has 0 saturated carbocycles. The summed E-state index contributed by atoms with van der Waals surface area (Å²) in [4.78, 5) is 18.8. The molecule has 1 saturated heterocycles. The summed E-state index contributed by atoms with van der Waals surface area (Å²) in [6.45, 7) is 5.17. The molecule has 31 heavy (non-hydrogen) atoms. The number of piperazine rings is 1. The molecule has 0 spiro atoms. The normalized spacial score (nSPS) is 14.1. The van der Waals surface area contributed by atoms with Crippen molar-refractivity contribution in [3.05, 3.63) is 89.4 Å². The van der Waals surface area contributed by atoms with Crippen molar-refractivity contribution in [1.29, 1.82) is 0 Å². The number of nitrogens with zero attached hydrogens (tertiary/aromatic N) is 4. The van der Waals surface area contributed by atoms with Crippen molar-refractivity contribution < 1.29 is 4.79 Å². The molecule has 0 N–H and O–H groups in total. The van der Waals surface area contributed by atoms with E-state index >= 15 is 0 Å². The van der Waals surface area contributed by atoms with Crippen molar-refractivity contribution in [3.63, 3.8) is 0 Å². The van der Waals surface area contributed by atoms with E-state index in [2.05, 4.69) is 36.1 Å². The first-order chi connectivity index (χ1) is 15.2. The first-order valence-corrected chi connectivity index (χ1v) is 11.4. The minimum absolute atomic E-state index is 0.0504. The van der Waals surface area contributed by atoms with Gasteiger partial charge in [0.25, 0.3) is 5.91 Å². The number of aromatic nitrogens is 2. The van der Waals surface area contributed by atoms with Gasteiger partial charge in [-0.2, -0.15) is 5.10 Å². The van der Waals surface area contributed by atoms with Crippen LogP contribution in [0.2, 0.25) is 0 Å².